The van der Waals surface area contributed by atoms with Crippen molar-refractivity contribution >= 4 is 43.6 Å². The Morgan fingerprint density at radius 2 is 1.58 bits per heavy atom. The number of carbonyl (C=O) groups excluding carboxylic acids is 2. The fourth-order valence-electron chi connectivity index (χ4n) is 3.35. The lowest BCUT2D eigenvalue weighted by Gasteiger charge is -2.19. The Labute approximate surface area is 210 Å². The Kier molecular flexibility index (Phi) is 8.32. The molecule has 7 heteroatoms. The minimum absolute atomic E-state index is 0.101. The number of hydrogen-bond donors (Lipinski definition) is 0. The summed E-state index contributed by atoms with van der Waals surface area (Å²) < 4.78 is 18.3. The van der Waals surface area contributed by atoms with Crippen LogP contribution >= 0.6 is 31.9 Å². The number of carbonyl (C=O) groups is 2. The molecule has 0 fully saturated rings. The third kappa shape index (κ3) is 6.03. The first-order valence-corrected chi connectivity index (χ1v) is 11.9. The lowest BCUT2D eigenvalue weighted by atomic mass is 9.94. The van der Waals surface area contributed by atoms with Crippen LogP contribution in [0.15, 0.2) is 63.5 Å². The Bertz CT molecular complexity index is 1150. The van der Waals surface area contributed by atoms with Gasteiger partial charge in [-0.3, -0.25) is 9.59 Å². The van der Waals surface area contributed by atoms with Crippen LogP contribution in [0, 0.1) is 0 Å². The molecule has 0 amide bonds. The van der Waals surface area contributed by atoms with E-state index in [1.54, 1.807) is 25.3 Å². The summed E-state index contributed by atoms with van der Waals surface area (Å²) in [7, 11) is 1.57. The quantitative estimate of drug-likeness (QED) is 0.206. The van der Waals surface area contributed by atoms with Crippen molar-refractivity contribution in [2.24, 2.45) is 0 Å². The molecule has 5 nitrogen and oxygen atoms in total. The maximum Gasteiger partial charge on any atom is 0.302 e. The average molecular weight is 576 g/mol. The molecule has 0 aromatic heterocycles. The first-order chi connectivity index (χ1) is 15.7. The molecule has 0 atom stereocenters. The van der Waals surface area contributed by atoms with Gasteiger partial charge in [0.25, 0.3) is 0 Å². The molecule has 0 aliphatic heterocycles. The third-order valence-electron chi connectivity index (χ3n) is 4.92. The molecule has 0 saturated carbocycles. The lowest BCUT2D eigenvalue weighted by molar-refractivity contribution is -0.142. The molecule has 172 valence electrons. The minimum atomic E-state index is -0.349. The van der Waals surface area contributed by atoms with E-state index in [9.17, 15) is 9.59 Å². The smallest absolute Gasteiger partial charge is 0.302 e. The van der Waals surface area contributed by atoms with Crippen LogP contribution < -0.4 is 9.47 Å². The van der Waals surface area contributed by atoms with Crippen LogP contribution in [0.3, 0.4) is 0 Å². The second-order valence-electron chi connectivity index (χ2n) is 7.71. The lowest BCUT2D eigenvalue weighted by Crippen LogP contribution is -2.07. The molecule has 0 unspecified atom stereocenters. The number of ketones is 1. The van der Waals surface area contributed by atoms with Gasteiger partial charge in [0.1, 0.15) is 18.1 Å². The molecule has 0 aliphatic carbocycles. The first kappa shape index (κ1) is 25.0. The van der Waals surface area contributed by atoms with Crippen molar-refractivity contribution in [2.45, 2.75) is 33.3 Å². The zero-order chi connectivity index (χ0) is 24.1. The van der Waals surface area contributed by atoms with Crippen LogP contribution in [-0.2, 0) is 16.1 Å². The Balaban J connectivity index is 2.04. The first-order valence-electron chi connectivity index (χ1n) is 10.3. The third-order valence-corrected chi connectivity index (χ3v) is 6.10. The van der Waals surface area contributed by atoms with E-state index in [2.05, 4.69) is 31.9 Å². The zero-order valence-corrected chi connectivity index (χ0v) is 21.9. The van der Waals surface area contributed by atoms with E-state index < -0.39 is 0 Å². The second-order valence-corrected chi connectivity index (χ2v) is 9.42. The fraction of sp³-hybridized carbons (Fsp3) is 0.231. The van der Waals surface area contributed by atoms with Crippen LogP contribution in [0.1, 0.15) is 53.7 Å². The van der Waals surface area contributed by atoms with Gasteiger partial charge in [-0.05, 0) is 67.6 Å². The van der Waals surface area contributed by atoms with E-state index in [4.69, 9.17) is 14.2 Å². The van der Waals surface area contributed by atoms with Crippen LogP contribution in [0.25, 0.3) is 0 Å². The zero-order valence-electron chi connectivity index (χ0n) is 18.8. The molecule has 0 bridgehead atoms. The Morgan fingerprint density at radius 1 is 0.939 bits per heavy atom. The summed E-state index contributed by atoms with van der Waals surface area (Å²) >= 11 is 7.07. The van der Waals surface area contributed by atoms with Crippen LogP contribution in [0.5, 0.6) is 17.2 Å². The van der Waals surface area contributed by atoms with Gasteiger partial charge < -0.3 is 14.2 Å². The minimum Gasteiger partial charge on any atom is -0.496 e. The van der Waals surface area contributed by atoms with Gasteiger partial charge in [0.15, 0.2) is 11.5 Å². The summed E-state index contributed by atoms with van der Waals surface area (Å²) in [6.07, 6.45) is 0. The highest BCUT2D eigenvalue weighted by Crippen LogP contribution is 2.41. The van der Waals surface area contributed by atoms with E-state index in [0.717, 1.165) is 11.1 Å². The Morgan fingerprint density at radius 3 is 2.12 bits per heavy atom. The highest BCUT2D eigenvalue weighted by Gasteiger charge is 2.22. The average Bonchev–Trinajstić information content (AvgIpc) is 2.79. The van der Waals surface area contributed by atoms with Crippen LogP contribution in [-0.4, -0.2) is 18.9 Å². The number of ether oxygens (including phenoxy) is 3. The number of benzene rings is 3. The van der Waals surface area contributed by atoms with Gasteiger partial charge in [-0.1, -0.05) is 44.2 Å². The maximum absolute atomic E-state index is 13.3. The highest BCUT2D eigenvalue weighted by atomic mass is 79.9. The topological polar surface area (TPSA) is 61.8 Å². The molecule has 0 radical (unpaired) electrons. The van der Waals surface area contributed by atoms with Gasteiger partial charge in [-0.25, -0.2) is 0 Å². The van der Waals surface area contributed by atoms with Gasteiger partial charge in [-0.2, -0.15) is 0 Å². The number of rotatable bonds is 8. The van der Waals surface area contributed by atoms with Crippen molar-refractivity contribution < 1.29 is 23.8 Å². The van der Waals surface area contributed by atoms with Gasteiger partial charge in [0, 0.05) is 18.1 Å². The summed E-state index contributed by atoms with van der Waals surface area (Å²) in [5, 5.41) is 0. The fourth-order valence-corrected chi connectivity index (χ4v) is 4.79. The van der Waals surface area contributed by atoms with Crippen LogP contribution in [0.4, 0.5) is 0 Å². The van der Waals surface area contributed by atoms with E-state index in [1.165, 1.54) is 6.92 Å². The van der Waals surface area contributed by atoms with Gasteiger partial charge in [0.2, 0.25) is 0 Å². The number of methoxy groups -OCH3 is 1. The van der Waals surface area contributed by atoms with Crippen molar-refractivity contribution in [3.8, 4) is 17.2 Å². The molecule has 0 spiro atoms. The molecule has 3 aromatic rings. The second kappa shape index (κ2) is 11.0. The van der Waals surface area contributed by atoms with Gasteiger partial charge in [-0.15, -0.1) is 0 Å². The summed E-state index contributed by atoms with van der Waals surface area (Å²) in [5.41, 5.74) is 2.67. The molecule has 0 aliphatic rings. The standard InChI is InChI=1S/C26H24Br2O5/c1-15(2)20-12-19(13-21(25(20)31-4)24(30)18-8-6-5-7-9-18)33-26-22(27)10-17(11-23(26)28)14-32-16(3)29/h5-13,15H,14H2,1-4H3. The van der Waals surface area contributed by atoms with E-state index in [-0.39, 0.29) is 24.3 Å². The van der Waals surface area contributed by atoms with Crippen molar-refractivity contribution in [3.05, 3.63) is 85.8 Å². The number of esters is 1. The van der Waals surface area contributed by atoms with Crippen molar-refractivity contribution in [3.63, 3.8) is 0 Å². The van der Waals surface area contributed by atoms with Crippen LogP contribution in [0.2, 0.25) is 0 Å². The predicted octanol–water partition coefficient (Wildman–Crippen LogP) is 7.43. The van der Waals surface area contributed by atoms with Gasteiger partial charge >= 0.3 is 5.97 Å². The molecule has 3 aromatic carbocycles. The molecule has 0 heterocycles. The number of halogens is 2. The van der Waals surface area contributed by atoms with Crippen molar-refractivity contribution in [1.29, 1.82) is 0 Å². The predicted molar refractivity (Wildman–Crippen MR) is 134 cm³/mol. The molecule has 0 N–H and O–H groups in total. The molecule has 0 saturated heterocycles. The maximum atomic E-state index is 13.3. The molecular weight excluding hydrogens is 552 g/mol. The Hall–Kier alpha value is -2.64. The van der Waals surface area contributed by atoms with Gasteiger partial charge in [0.05, 0.1) is 21.6 Å². The van der Waals surface area contributed by atoms with Crippen molar-refractivity contribution in [2.75, 3.05) is 7.11 Å². The SMILES string of the molecule is COc1c(C(=O)c2ccccc2)cc(Oc2c(Br)cc(COC(C)=O)cc2Br)cc1C(C)C. The molecular formula is C26H24Br2O5. The number of hydrogen-bond acceptors (Lipinski definition) is 5. The van der Waals surface area contributed by atoms with E-state index in [1.807, 2.05) is 50.2 Å². The molecule has 33 heavy (non-hydrogen) atoms. The van der Waals surface area contributed by atoms with E-state index in [0.29, 0.717) is 37.3 Å². The van der Waals surface area contributed by atoms with E-state index >= 15 is 0 Å². The van der Waals surface area contributed by atoms with Crippen molar-refractivity contribution in [1.82, 2.24) is 0 Å². The summed E-state index contributed by atoms with van der Waals surface area (Å²) in [6.45, 7) is 5.59. The largest absolute Gasteiger partial charge is 0.496 e. The normalized spacial score (nSPS) is 10.8. The monoisotopic (exact) mass is 574 g/mol. The molecule has 3 rings (SSSR count). The summed E-state index contributed by atoms with van der Waals surface area (Å²) in [4.78, 5) is 24.4. The summed E-state index contributed by atoms with van der Waals surface area (Å²) in [6, 6.07) is 16.3. The highest BCUT2D eigenvalue weighted by molar-refractivity contribution is 9.11. The summed E-state index contributed by atoms with van der Waals surface area (Å²) in [5.74, 6) is 1.20.